The number of nitrogens with two attached hydrogens (primary N) is 1. The largest absolute Gasteiger partial charge is 0.459 e. The van der Waals surface area contributed by atoms with Crippen molar-refractivity contribution in [2.75, 3.05) is 26.7 Å². The lowest BCUT2D eigenvalue weighted by Gasteiger charge is -2.27. The first-order chi connectivity index (χ1) is 10.2. The molecule has 1 fully saturated rings. The third-order valence-electron chi connectivity index (χ3n) is 4.51. The Kier molecular flexibility index (Phi) is 4.29. The van der Waals surface area contributed by atoms with E-state index >= 15 is 0 Å². The molecule has 1 aliphatic heterocycles. The lowest BCUT2D eigenvalue weighted by atomic mass is 10.1. The smallest absolute Gasteiger partial charge is 0.134 e. The van der Waals surface area contributed by atoms with E-state index in [0.29, 0.717) is 12.6 Å². The summed E-state index contributed by atoms with van der Waals surface area (Å²) in [5.74, 6) is 0.931. The summed E-state index contributed by atoms with van der Waals surface area (Å²) < 4.78 is 5.92. The standard InChI is InChI=1S/C17H25N3O/c1-13-11-19(2)8-5-9-20(13)12-15-14-6-3-4-7-16(14)21-17(15)10-18/h3-4,6-7,13H,5,8-12,18H2,1-2H3. The minimum atomic E-state index is 0.464. The van der Waals surface area contributed by atoms with E-state index in [2.05, 4.69) is 35.9 Å². The number of likely N-dealkylation sites (N-methyl/N-ethyl adjacent to an activating group) is 1. The topological polar surface area (TPSA) is 45.6 Å². The summed E-state index contributed by atoms with van der Waals surface area (Å²) >= 11 is 0. The second kappa shape index (κ2) is 6.18. The molecule has 1 aliphatic rings. The zero-order valence-electron chi connectivity index (χ0n) is 13.0. The molecule has 4 nitrogen and oxygen atoms in total. The summed E-state index contributed by atoms with van der Waals surface area (Å²) in [5.41, 5.74) is 8.11. The number of hydrogen-bond acceptors (Lipinski definition) is 4. The molecule has 3 rings (SSSR count). The highest BCUT2D eigenvalue weighted by atomic mass is 16.3. The van der Waals surface area contributed by atoms with Crippen LogP contribution in [-0.2, 0) is 13.1 Å². The highest BCUT2D eigenvalue weighted by Gasteiger charge is 2.22. The van der Waals surface area contributed by atoms with Gasteiger partial charge in [0.1, 0.15) is 11.3 Å². The van der Waals surface area contributed by atoms with Crippen LogP contribution >= 0.6 is 0 Å². The summed E-state index contributed by atoms with van der Waals surface area (Å²) in [6.07, 6.45) is 1.22. The molecule has 1 atom stereocenters. The molecule has 1 unspecified atom stereocenters. The predicted molar refractivity (Wildman–Crippen MR) is 86.1 cm³/mol. The van der Waals surface area contributed by atoms with Gasteiger partial charge in [0, 0.05) is 36.6 Å². The summed E-state index contributed by atoms with van der Waals surface area (Å²) in [6, 6.07) is 8.80. The van der Waals surface area contributed by atoms with Gasteiger partial charge in [0.25, 0.3) is 0 Å². The van der Waals surface area contributed by atoms with E-state index in [1.165, 1.54) is 23.9 Å². The van der Waals surface area contributed by atoms with Crippen molar-refractivity contribution in [1.29, 1.82) is 0 Å². The Bertz CT molecular complexity index is 607. The monoisotopic (exact) mass is 287 g/mol. The van der Waals surface area contributed by atoms with Crippen molar-refractivity contribution in [3.8, 4) is 0 Å². The Morgan fingerprint density at radius 1 is 1.29 bits per heavy atom. The second-order valence-electron chi connectivity index (χ2n) is 6.14. The maximum atomic E-state index is 5.92. The van der Waals surface area contributed by atoms with Crippen LogP contribution in [0.2, 0.25) is 0 Å². The van der Waals surface area contributed by atoms with Crippen LogP contribution in [0, 0.1) is 0 Å². The van der Waals surface area contributed by atoms with E-state index in [4.69, 9.17) is 10.2 Å². The van der Waals surface area contributed by atoms with E-state index in [1.807, 2.05) is 12.1 Å². The molecule has 0 amide bonds. The summed E-state index contributed by atoms with van der Waals surface area (Å²) in [7, 11) is 2.21. The van der Waals surface area contributed by atoms with Gasteiger partial charge in [0.15, 0.2) is 0 Å². The van der Waals surface area contributed by atoms with E-state index in [0.717, 1.165) is 31.0 Å². The van der Waals surface area contributed by atoms with E-state index in [9.17, 15) is 0 Å². The first kappa shape index (κ1) is 14.6. The van der Waals surface area contributed by atoms with Crippen molar-refractivity contribution < 1.29 is 4.42 Å². The van der Waals surface area contributed by atoms with Crippen molar-refractivity contribution in [2.45, 2.75) is 32.5 Å². The minimum absolute atomic E-state index is 0.464. The molecule has 0 aliphatic carbocycles. The van der Waals surface area contributed by atoms with E-state index in [-0.39, 0.29) is 0 Å². The SMILES string of the molecule is CC1CN(C)CCCN1Cc1c(CN)oc2ccccc12. The van der Waals surface area contributed by atoms with Crippen LogP contribution in [0.1, 0.15) is 24.7 Å². The van der Waals surface area contributed by atoms with Crippen molar-refractivity contribution in [3.05, 3.63) is 35.6 Å². The zero-order valence-corrected chi connectivity index (χ0v) is 13.0. The van der Waals surface area contributed by atoms with Crippen molar-refractivity contribution in [2.24, 2.45) is 5.73 Å². The Morgan fingerprint density at radius 3 is 2.90 bits per heavy atom. The molecule has 2 aromatic rings. The maximum Gasteiger partial charge on any atom is 0.134 e. The average Bonchev–Trinajstić information content (AvgIpc) is 2.75. The molecule has 1 aromatic carbocycles. The Balaban J connectivity index is 1.89. The van der Waals surface area contributed by atoms with Gasteiger partial charge in [0.05, 0.1) is 6.54 Å². The molecule has 1 aromatic heterocycles. The average molecular weight is 287 g/mol. The van der Waals surface area contributed by atoms with Crippen LogP contribution in [0.25, 0.3) is 11.0 Å². The Morgan fingerprint density at radius 2 is 2.10 bits per heavy atom. The van der Waals surface area contributed by atoms with Crippen molar-refractivity contribution in [1.82, 2.24) is 9.80 Å². The number of fused-ring (bicyclic) bond motifs is 1. The first-order valence-electron chi connectivity index (χ1n) is 7.81. The molecule has 2 N–H and O–H groups in total. The summed E-state index contributed by atoms with van der Waals surface area (Å²) in [6.45, 7) is 7.14. The molecule has 0 saturated carbocycles. The molecular weight excluding hydrogens is 262 g/mol. The fourth-order valence-corrected chi connectivity index (χ4v) is 3.35. The molecule has 4 heteroatoms. The van der Waals surface area contributed by atoms with Crippen LogP contribution in [-0.4, -0.2) is 42.5 Å². The lowest BCUT2D eigenvalue weighted by molar-refractivity contribution is 0.194. The molecule has 0 radical (unpaired) electrons. The molecular formula is C17H25N3O. The van der Waals surface area contributed by atoms with Crippen LogP contribution in [0.15, 0.2) is 28.7 Å². The van der Waals surface area contributed by atoms with Crippen LogP contribution in [0.3, 0.4) is 0 Å². The summed E-state index contributed by atoms with van der Waals surface area (Å²) in [4.78, 5) is 4.97. The number of hydrogen-bond donors (Lipinski definition) is 1. The van der Waals surface area contributed by atoms with Crippen molar-refractivity contribution in [3.63, 3.8) is 0 Å². The van der Waals surface area contributed by atoms with E-state index in [1.54, 1.807) is 0 Å². The highest BCUT2D eigenvalue weighted by molar-refractivity contribution is 5.82. The number of rotatable bonds is 3. The molecule has 114 valence electrons. The van der Waals surface area contributed by atoms with Crippen molar-refractivity contribution >= 4 is 11.0 Å². The molecule has 0 bridgehead atoms. The fraction of sp³-hybridized carbons (Fsp3) is 0.529. The number of nitrogens with zero attached hydrogens (tertiary/aromatic N) is 2. The third-order valence-corrected chi connectivity index (χ3v) is 4.51. The fourth-order valence-electron chi connectivity index (χ4n) is 3.35. The molecule has 1 saturated heterocycles. The predicted octanol–water partition coefficient (Wildman–Crippen LogP) is 2.42. The van der Waals surface area contributed by atoms with Gasteiger partial charge in [-0.3, -0.25) is 4.90 Å². The minimum Gasteiger partial charge on any atom is -0.459 e. The summed E-state index contributed by atoms with van der Waals surface area (Å²) in [5, 5.41) is 1.21. The quantitative estimate of drug-likeness (QED) is 0.941. The number of benzene rings is 1. The second-order valence-corrected chi connectivity index (χ2v) is 6.14. The first-order valence-corrected chi connectivity index (χ1v) is 7.81. The Hall–Kier alpha value is -1.36. The molecule has 0 spiro atoms. The van der Waals surface area contributed by atoms with Gasteiger partial charge in [0.2, 0.25) is 0 Å². The lowest BCUT2D eigenvalue weighted by Crippen LogP contribution is -2.37. The Labute approximate surface area is 126 Å². The van der Waals surface area contributed by atoms with Gasteiger partial charge in [-0.25, -0.2) is 0 Å². The van der Waals surface area contributed by atoms with Gasteiger partial charge < -0.3 is 15.1 Å². The van der Waals surface area contributed by atoms with Gasteiger partial charge in [-0.15, -0.1) is 0 Å². The zero-order chi connectivity index (χ0) is 14.8. The normalized spacial score (nSPS) is 21.8. The number of furan rings is 1. The van der Waals surface area contributed by atoms with Crippen LogP contribution < -0.4 is 5.73 Å². The van der Waals surface area contributed by atoms with Gasteiger partial charge in [-0.2, -0.15) is 0 Å². The third kappa shape index (κ3) is 2.98. The maximum absolute atomic E-state index is 5.92. The number of para-hydroxylation sites is 1. The van der Waals surface area contributed by atoms with Crippen LogP contribution in [0.4, 0.5) is 0 Å². The highest BCUT2D eigenvalue weighted by Crippen LogP contribution is 2.28. The van der Waals surface area contributed by atoms with E-state index < -0.39 is 0 Å². The molecule has 21 heavy (non-hydrogen) atoms. The van der Waals surface area contributed by atoms with Gasteiger partial charge in [-0.1, -0.05) is 18.2 Å². The van der Waals surface area contributed by atoms with Crippen LogP contribution in [0.5, 0.6) is 0 Å². The van der Waals surface area contributed by atoms with Gasteiger partial charge in [-0.05, 0) is 33.0 Å². The van der Waals surface area contributed by atoms with Gasteiger partial charge >= 0.3 is 0 Å². The molecule has 2 heterocycles.